The fraction of sp³-hybridized carbons (Fsp3) is 0.611. The van der Waals surface area contributed by atoms with E-state index in [0.29, 0.717) is 6.54 Å². The number of aliphatic hydroxyl groups is 1. The molecule has 1 aromatic carbocycles. The molecule has 5 heteroatoms. The van der Waals surface area contributed by atoms with Crippen LogP contribution in [0.3, 0.4) is 0 Å². The van der Waals surface area contributed by atoms with E-state index < -0.39 is 5.60 Å². The summed E-state index contributed by atoms with van der Waals surface area (Å²) in [5.74, 6) is 0. The summed E-state index contributed by atoms with van der Waals surface area (Å²) in [6.07, 6.45) is 1.82. The van der Waals surface area contributed by atoms with E-state index in [9.17, 15) is 4.79 Å². The molecule has 0 saturated carbocycles. The molecule has 1 saturated heterocycles. The molecule has 1 aliphatic heterocycles. The number of hydrogen-bond donors (Lipinski definition) is 2. The van der Waals surface area contributed by atoms with Crippen LogP contribution in [0.4, 0.5) is 4.79 Å². The molecule has 1 fully saturated rings. The van der Waals surface area contributed by atoms with Gasteiger partial charge in [0.25, 0.3) is 0 Å². The maximum atomic E-state index is 12.2. The van der Waals surface area contributed by atoms with Gasteiger partial charge in [0.15, 0.2) is 0 Å². The summed E-state index contributed by atoms with van der Waals surface area (Å²) >= 11 is 0. The van der Waals surface area contributed by atoms with E-state index in [0.717, 1.165) is 31.5 Å². The van der Waals surface area contributed by atoms with Crippen molar-refractivity contribution in [2.75, 3.05) is 13.1 Å². The van der Waals surface area contributed by atoms with Crippen molar-refractivity contribution in [3.8, 4) is 0 Å². The molecule has 1 heterocycles. The number of carbonyl (C=O) groups excluding carboxylic acids is 1. The summed E-state index contributed by atoms with van der Waals surface area (Å²) < 4.78 is 5.45. The number of amides is 1. The van der Waals surface area contributed by atoms with Crippen LogP contribution in [0.2, 0.25) is 0 Å². The van der Waals surface area contributed by atoms with Crippen molar-refractivity contribution in [3.63, 3.8) is 0 Å². The van der Waals surface area contributed by atoms with Crippen LogP contribution in [0.1, 0.15) is 44.7 Å². The molecular formula is C18H28N2O3. The zero-order valence-electron chi connectivity index (χ0n) is 14.3. The second-order valence-electron chi connectivity index (χ2n) is 7.12. The van der Waals surface area contributed by atoms with E-state index in [1.807, 2.05) is 45.0 Å². The average Bonchev–Trinajstić information content (AvgIpc) is 2.52. The van der Waals surface area contributed by atoms with Gasteiger partial charge in [-0.25, -0.2) is 4.79 Å². The van der Waals surface area contributed by atoms with Crippen molar-refractivity contribution in [1.29, 1.82) is 0 Å². The third kappa shape index (κ3) is 5.84. The first kappa shape index (κ1) is 17.8. The molecule has 23 heavy (non-hydrogen) atoms. The molecule has 2 N–H and O–H groups in total. The van der Waals surface area contributed by atoms with Crippen LogP contribution in [0, 0.1) is 0 Å². The van der Waals surface area contributed by atoms with Crippen molar-refractivity contribution in [2.24, 2.45) is 0 Å². The standard InChI is InChI=1S/C18H28N2O3/c1-18(2,3)23-17(22)20-10-4-5-16(12-20)19-11-14-6-8-15(13-21)9-7-14/h6-9,16,19,21H,4-5,10-13H2,1-3H3. The van der Waals surface area contributed by atoms with Crippen LogP contribution < -0.4 is 5.32 Å². The van der Waals surface area contributed by atoms with Crippen molar-refractivity contribution >= 4 is 6.09 Å². The van der Waals surface area contributed by atoms with E-state index in [2.05, 4.69) is 5.32 Å². The number of nitrogens with one attached hydrogen (secondary N) is 1. The third-order valence-electron chi connectivity index (χ3n) is 3.87. The molecule has 1 aliphatic rings. The zero-order chi connectivity index (χ0) is 16.9. The second-order valence-corrected chi connectivity index (χ2v) is 7.12. The largest absolute Gasteiger partial charge is 0.444 e. The van der Waals surface area contributed by atoms with Crippen LogP contribution in [0.15, 0.2) is 24.3 Å². The molecule has 0 aliphatic carbocycles. The number of rotatable bonds is 4. The zero-order valence-corrected chi connectivity index (χ0v) is 14.3. The minimum absolute atomic E-state index is 0.0706. The van der Waals surface area contributed by atoms with Crippen molar-refractivity contribution in [3.05, 3.63) is 35.4 Å². The first-order chi connectivity index (χ1) is 10.9. The van der Waals surface area contributed by atoms with Crippen molar-refractivity contribution < 1.29 is 14.6 Å². The Morgan fingerprint density at radius 2 is 1.96 bits per heavy atom. The highest BCUT2D eigenvalue weighted by molar-refractivity contribution is 5.68. The van der Waals surface area contributed by atoms with Gasteiger partial charge < -0.3 is 20.1 Å². The van der Waals surface area contributed by atoms with Gasteiger partial charge in [-0.05, 0) is 44.7 Å². The number of likely N-dealkylation sites (tertiary alicyclic amines) is 1. The third-order valence-corrected chi connectivity index (χ3v) is 3.87. The van der Waals surface area contributed by atoms with Gasteiger partial charge >= 0.3 is 6.09 Å². The fourth-order valence-electron chi connectivity index (χ4n) is 2.66. The number of nitrogens with zero attached hydrogens (tertiary/aromatic N) is 1. The molecule has 1 aromatic rings. The lowest BCUT2D eigenvalue weighted by molar-refractivity contribution is 0.0187. The van der Waals surface area contributed by atoms with Gasteiger partial charge in [0.1, 0.15) is 5.60 Å². The van der Waals surface area contributed by atoms with E-state index in [1.54, 1.807) is 4.90 Å². The molecule has 0 radical (unpaired) electrons. The molecule has 5 nitrogen and oxygen atoms in total. The monoisotopic (exact) mass is 320 g/mol. The Labute approximate surface area is 138 Å². The predicted molar refractivity (Wildman–Crippen MR) is 90.0 cm³/mol. The summed E-state index contributed by atoms with van der Waals surface area (Å²) in [6, 6.07) is 8.20. The number of piperidine rings is 1. The van der Waals surface area contributed by atoms with E-state index >= 15 is 0 Å². The quantitative estimate of drug-likeness (QED) is 0.895. The molecule has 1 atom stereocenters. The Balaban J connectivity index is 1.82. The summed E-state index contributed by atoms with van der Waals surface area (Å²) in [5.41, 5.74) is 1.64. The van der Waals surface area contributed by atoms with E-state index in [1.165, 1.54) is 5.56 Å². The summed E-state index contributed by atoms with van der Waals surface area (Å²) in [6.45, 7) is 7.95. The minimum atomic E-state index is -0.452. The highest BCUT2D eigenvalue weighted by Gasteiger charge is 2.27. The van der Waals surface area contributed by atoms with Gasteiger partial charge in [0, 0.05) is 25.7 Å². The second kappa shape index (κ2) is 7.79. The summed E-state index contributed by atoms with van der Waals surface area (Å²) in [4.78, 5) is 13.9. The number of aliphatic hydroxyl groups excluding tert-OH is 1. The molecule has 2 rings (SSSR count). The Morgan fingerprint density at radius 3 is 2.57 bits per heavy atom. The predicted octanol–water partition coefficient (Wildman–Crippen LogP) is 2.67. The van der Waals surface area contributed by atoms with Gasteiger partial charge in [-0.3, -0.25) is 0 Å². The minimum Gasteiger partial charge on any atom is -0.444 e. The van der Waals surface area contributed by atoms with Crippen molar-refractivity contribution in [2.45, 2.75) is 58.4 Å². The van der Waals surface area contributed by atoms with Gasteiger partial charge in [-0.15, -0.1) is 0 Å². The molecule has 0 aromatic heterocycles. The first-order valence-corrected chi connectivity index (χ1v) is 8.27. The smallest absolute Gasteiger partial charge is 0.410 e. The molecular weight excluding hydrogens is 292 g/mol. The van der Waals surface area contributed by atoms with Crippen LogP contribution in [-0.2, 0) is 17.9 Å². The van der Waals surface area contributed by atoms with Crippen LogP contribution in [0.5, 0.6) is 0 Å². The maximum absolute atomic E-state index is 12.2. The lowest BCUT2D eigenvalue weighted by Gasteiger charge is -2.34. The molecule has 0 spiro atoms. The first-order valence-electron chi connectivity index (χ1n) is 8.27. The molecule has 128 valence electrons. The van der Waals surface area contributed by atoms with E-state index in [-0.39, 0.29) is 18.7 Å². The van der Waals surface area contributed by atoms with Crippen LogP contribution in [-0.4, -0.2) is 40.8 Å². The summed E-state index contributed by atoms with van der Waals surface area (Å²) in [7, 11) is 0. The van der Waals surface area contributed by atoms with Gasteiger partial charge in [0.05, 0.1) is 6.61 Å². The highest BCUT2D eigenvalue weighted by Crippen LogP contribution is 2.16. The Kier molecular flexibility index (Phi) is 6.02. The Hall–Kier alpha value is -1.59. The SMILES string of the molecule is CC(C)(C)OC(=O)N1CCCC(NCc2ccc(CO)cc2)C1. The number of ether oxygens (including phenoxy) is 1. The molecule has 0 bridgehead atoms. The Bertz CT molecular complexity index is 508. The van der Waals surface area contributed by atoms with Gasteiger partial charge in [-0.2, -0.15) is 0 Å². The van der Waals surface area contributed by atoms with E-state index in [4.69, 9.17) is 9.84 Å². The average molecular weight is 320 g/mol. The number of carbonyl (C=O) groups is 1. The maximum Gasteiger partial charge on any atom is 0.410 e. The highest BCUT2D eigenvalue weighted by atomic mass is 16.6. The molecule has 1 amide bonds. The number of hydrogen-bond acceptors (Lipinski definition) is 4. The van der Waals surface area contributed by atoms with Gasteiger partial charge in [-0.1, -0.05) is 24.3 Å². The lowest BCUT2D eigenvalue weighted by Crippen LogP contribution is -2.49. The number of benzene rings is 1. The normalized spacial score (nSPS) is 18.8. The summed E-state index contributed by atoms with van der Waals surface area (Å²) in [5, 5.41) is 12.6. The van der Waals surface area contributed by atoms with Crippen LogP contribution >= 0.6 is 0 Å². The fourth-order valence-corrected chi connectivity index (χ4v) is 2.66. The topological polar surface area (TPSA) is 61.8 Å². The van der Waals surface area contributed by atoms with Gasteiger partial charge in [0.2, 0.25) is 0 Å². The lowest BCUT2D eigenvalue weighted by atomic mass is 10.1. The van der Waals surface area contributed by atoms with Crippen molar-refractivity contribution in [1.82, 2.24) is 10.2 Å². The molecule has 1 unspecified atom stereocenters. The Morgan fingerprint density at radius 1 is 1.30 bits per heavy atom. The van der Waals surface area contributed by atoms with Crippen LogP contribution in [0.25, 0.3) is 0 Å².